The molecule has 3 aromatic carbocycles. The van der Waals surface area contributed by atoms with Gasteiger partial charge >= 0.3 is 0 Å². The summed E-state index contributed by atoms with van der Waals surface area (Å²) in [6, 6.07) is 56.1. The molecular weight excluding hydrogens is 717 g/mol. The monoisotopic (exact) mass is 752 g/mol. The van der Waals surface area contributed by atoms with Gasteiger partial charge < -0.3 is 9.47 Å². The topological polar surface area (TPSA) is 95.8 Å². The van der Waals surface area contributed by atoms with E-state index in [4.69, 9.17) is 19.4 Å². The predicted molar refractivity (Wildman–Crippen MR) is 227 cm³/mol. The summed E-state index contributed by atoms with van der Waals surface area (Å²) in [6.07, 6.45) is 7.12. The fraction of sp³-hybridized carbons (Fsp3) is 0.0400. The van der Waals surface area contributed by atoms with E-state index < -0.39 is 0 Å². The number of aromatic nitrogens is 6. The van der Waals surface area contributed by atoms with Crippen LogP contribution in [-0.2, 0) is 13.2 Å². The largest absolute Gasteiger partial charge is 0.489 e. The van der Waals surface area contributed by atoms with Crippen molar-refractivity contribution >= 4 is 0 Å². The Morgan fingerprint density at radius 1 is 0.293 bits per heavy atom. The zero-order valence-corrected chi connectivity index (χ0v) is 31.4. The van der Waals surface area contributed by atoms with Crippen LogP contribution in [0.4, 0.5) is 0 Å². The van der Waals surface area contributed by atoms with Gasteiger partial charge in [0.2, 0.25) is 0 Å². The molecule has 0 N–H and O–H groups in total. The van der Waals surface area contributed by atoms with Gasteiger partial charge in [-0.3, -0.25) is 19.9 Å². The number of ether oxygens (including phenoxy) is 2. The Kier molecular flexibility index (Phi) is 10.4. The number of hydrogen-bond acceptors (Lipinski definition) is 8. The average molecular weight is 753 g/mol. The van der Waals surface area contributed by atoms with E-state index >= 15 is 0 Å². The van der Waals surface area contributed by atoms with Gasteiger partial charge in [-0.1, -0.05) is 66.7 Å². The number of benzene rings is 3. The third-order valence-corrected chi connectivity index (χ3v) is 9.54. The summed E-state index contributed by atoms with van der Waals surface area (Å²) in [5.41, 5.74) is 12.6. The van der Waals surface area contributed by atoms with Crippen molar-refractivity contribution in [3.8, 4) is 79.3 Å². The van der Waals surface area contributed by atoms with Crippen molar-refractivity contribution in [2.45, 2.75) is 13.2 Å². The molecule has 8 nitrogen and oxygen atoms in total. The van der Waals surface area contributed by atoms with Crippen LogP contribution in [0.2, 0.25) is 0 Å². The van der Waals surface area contributed by atoms with Crippen molar-refractivity contribution in [2.75, 3.05) is 0 Å². The van der Waals surface area contributed by atoms with Gasteiger partial charge in [-0.05, 0) is 137 Å². The lowest BCUT2D eigenvalue weighted by Gasteiger charge is -2.12. The first-order chi connectivity index (χ1) is 28.7. The van der Waals surface area contributed by atoms with Crippen LogP contribution >= 0.6 is 0 Å². The van der Waals surface area contributed by atoms with E-state index in [9.17, 15) is 0 Å². The number of nitrogens with zero attached hydrogens (tertiary/aromatic N) is 6. The minimum absolute atomic E-state index is 0.428. The molecule has 0 saturated heterocycles. The molecular formula is C50H36N6O2. The van der Waals surface area contributed by atoms with Crippen molar-refractivity contribution in [3.63, 3.8) is 0 Å². The van der Waals surface area contributed by atoms with E-state index in [1.165, 1.54) is 0 Å². The predicted octanol–water partition coefficient (Wildman–Crippen LogP) is 11.2. The molecule has 9 aromatic rings. The highest BCUT2D eigenvalue weighted by Gasteiger charge is 2.13. The Balaban J connectivity index is 0.853. The first-order valence-corrected chi connectivity index (χ1v) is 18.9. The molecule has 9 rings (SSSR count). The van der Waals surface area contributed by atoms with Gasteiger partial charge in [0.1, 0.15) is 24.7 Å². The van der Waals surface area contributed by atoms with Gasteiger partial charge in [0.25, 0.3) is 0 Å². The maximum Gasteiger partial charge on any atom is 0.119 e. The second-order valence-corrected chi connectivity index (χ2v) is 13.6. The molecule has 0 radical (unpaired) electrons. The van der Waals surface area contributed by atoms with Gasteiger partial charge in [0.15, 0.2) is 0 Å². The molecule has 0 atom stereocenters. The molecule has 0 spiro atoms. The van der Waals surface area contributed by atoms with Crippen LogP contribution in [0, 0.1) is 0 Å². The molecule has 0 aliphatic heterocycles. The smallest absolute Gasteiger partial charge is 0.119 e. The zero-order chi connectivity index (χ0) is 38.9. The van der Waals surface area contributed by atoms with Crippen LogP contribution < -0.4 is 9.47 Å². The third kappa shape index (κ3) is 8.51. The Morgan fingerprint density at radius 2 is 0.638 bits per heavy atom. The van der Waals surface area contributed by atoms with E-state index in [1.54, 1.807) is 24.8 Å². The summed E-state index contributed by atoms with van der Waals surface area (Å²) < 4.78 is 12.5. The summed E-state index contributed by atoms with van der Waals surface area (Å²) in [6.45, 7) is 0.857. The minimum atomic E-state index is 0.428. The van der Waals surface area contributed by atoms with Crippen LogP contribution in [0.1, 0.15) is 11.1 Å². The highest BCUT2D eigenvalue weighted by atomic mass is 16.5. The first-order valence-electron chi connectivity index (χ1n) is 18.9. The molecule has 58 heavy (non-hydrogen) atoms. The highest BCUT2D eigenvalue weighted by Crippen LogP contribution is 2.32. The maximum absolute atomic E-state index is 6.23. The summed E-state index contributed by atoms with van der Waals surface area (Å²) in [7, 11) is 0. The maximum atomic E-state index is 6.23. The Labute approximate surface area is 336 Å². The fourth-order valence-corrected chi connectivity index (χ4v) is 6.61. The molecule has 0 aliphatic rings. The Bertz CT molecular complexity index is 2450. The summed E-state index contributed by atoms with van der Waals surface area (Å²) >= 11 is 0. The van der Waals surface area contributed by atoms with E-state index in [-0.39, 0.29) is 0 Å². The average Bonchev–Trinajstić information content (AvgIpc) is 3.31. The van der Waals surface area contributed by atoms with E-state index in [0.29, 0.717) is 13.2 Å². The number of rotatable bonds is 12. The van der Waals surface area contributed by atoms with Crippen molar-refractivity contribution in [3.05, 3.63) is 206 Å². The molecule has 8 heteroatoms. The van der Waals surface area contributed by atoms with E-state index in [1.807, 2.05) is 103 Å². The fourth-order valence-electron chi connectivity index (χ4n) is 6.61. The molecule has 0 amide bonds. The van der Waals surface area contributed by atoms with E-state index in [2.05, 4.69) is 86.7 Å². The number of pyridine rings is 6. The molecule has 0 saturated carbocycles. The molecule has 0 bridgehead atoms. The summed E-state index contributed by atoms with van der Waals surface area (Å²) in [5, 5.41) is 0. The third-order valence-electron chi connectivity index (χ3n) is 9.54. The highest BCUT2D eigenvalue weighted by molar-refractivity contribution is 5.76. The van der Waals surface area contributed by atoms with Crippen LogP contribution in [-0.4, -0.2) is 29.9 Å². The van der Waals surface area contributed by atoms with Gasteiger partial charge in [-0.2, -0.15) is 0 Å². The molecule has 6 heterocycles. The van der Waals surface area contributed by atoms with E-state index in [0.717, 1.165) is 90.4 Å². The van der Waals surface area contributed by atoms with Gasteiger partial charge in [0.05, 0.1) is 45.6 Å². The Morgan fingerprint density at radius 3 is 0.948 bits per heavy atom. The lowest BCUT2D eigenvalue weighted by molar-refractivity contribution is 0.300. The van der Waals surface area contributed by atoms with Gasteiger partial charge in [-0.25, -0.2) is 9.97 Å². The second kappa shape index (κ2) is 16.9. The Hall–Kier alpha value is -7.84. The molecule has 0 unspecified atom stereocenters. The van der Waals surface area contributed by atoms with Crippen molar-refractivity contribution < 1.29 is 9.47 Å². The van der Waals surface area contributed by atoms with Crippen LogP contribution in [0.5, 0.6) is 11.5 Å². The summed E-state index contributed by atoms with van der Waals surface area (Å²) in [5.74, 6) is 1.56. The van der Waals surface area contributed by atoms with Crippen LogP contribution in [0.25, 0.3) is 67.8 Å². The molecule has 0 aliphatic carbocycles. The number of hydrogen-bond donors (Lipinski definition) is 0. The van der Waals surface area contributed by atoms with Crippen molar-refractivity contribution in [1.82, 2.24) is 29.9 Å². The summed E-state index contributed by atoms with van der Waals surface area (Å²) in [4.78, 5) is 27.9. The SMILES string of the molecule is c1ccc(-c2cc(-c3ccc(OCc4cccc(COc5ccc(-c6cc(-c7ccccn7)nc(-c7ccccn7)c6)cc5)c4)cc3)cc(-c3ccccn3)n2)nc1. The quantitative estimate of drug-likeness (QED) is 0.122. The lowest BCUT2D eigenvalue weighted by Crippen LogP contribution is -1.99. The molecule has 0 fully saturated rings. The molecule has 278 valence electrons. The van der Waals surface area contributed by atoms with Crippen LogP contribution in [0.15, 0.2) is 195 Å². The van der Waals surface area contributed by atoms with Crippen molar-refractivity contribution in [2.24, 2.45) is 0 Å². The molecule has 6 aromatic heterocycles. The second-order valence-electron chi connectivity index (χ2n) is 13.6. The zero-order valence-electron chi connectivity index (χ0n) is 31.4. The first kappa shape index (κ1) is 35.8. The van der Waals surface area contributed by atoms with Gasteiger partial charge in [-0.15, -0.1) is 0 Å². The minimum Gasteiger partial charge on any atom is -0.489 e. The van der Waals surface area contributed by atoms with Crippen LogP contribution in [0.3, 0.4) is 0 Å². The van der Waals surface area contributed by atoms with Gasteiger partial charge in [0, 0.05) is 24.8 Å². The lowest BCUT2D eigenvalue weighted by atomic mass is 10.0. The normalized spacial score (nSPS) is 10.9. The standard InChI is InChI=1S/C50H36N6O2/c1-5-24-51-43(12-1)47-29-39(30-48(55-47)44-13-2-6-25-52-44)37-16-20-41(21-17-37)57-33-35-10-9-11-36(28-35)34-58-42-22-18-38(19-23-42)40-31-49(45-14-3-7-26-53-45)56-50(32-40)46-15-4-8-27-54-46/h1-32H,33-34H2. The van der Waals surface area contributed by atoms with Crippen molar-refractivity contribution in [1.29, 1.82) is 0 Å².